The first-order valence-corrected chi connectivity index (χ1v) is 7.73. The van der Waals surface area contributed by atoms with Crippen molar-refractivity contribution < 1.29 is 14.6 Å². The fourth-order valence-electron chi connectivity index (χ4n) is 2.68. The summed E-state index contributed by atoms with van der Waals surface area (Å²) in [6.45, 7) is 7.15. The van der Waals surface area contributed by atoms with Gasteiger partial charge in [-0.15, -0.1) is 0 Å². The van der Waals surface area contributed by atoms with Gasteiger partial charge in [-0.3, -0.25) is 4.79 Å². The zero-order valence-corrected chi connectivity index (χ0v) is 13.1. The van der Waals surface area contributed by atoms with Gasteiger partial charge in [0.15, 0.2) is 6.10 Å². The third-order valence-electron chi connectivity index (χ3n) is 4.00. The van der Waals surface area contributed by atoms with Crippen LogP contribution in [0.25, 0.3) is 0 Å². The molecule has 0 saturated carbocycles. The van der Waals surface area contributed by atoms with E-state index in [-0.39, 0.29) is 5.91 Å². The van der Waals surface area contributed by atoms with Gasteiger partial charge in [0.2, 0.25) is 0 Å². The molecular weight excluding hydrogens is 266 g/mol. The largest absolute Gasteiger partial charge is 0.481 e. The van der Waals surface area contributed by atoms with E-state index in [0.717, 1.165) is 37.1 Å². The van der Waals surface area contributed by atoms with E-state index in [2.05, 4.69) is 0 Å². The van der Waals surface area contributed by atoms with Gasteiger partial charge < -0.3 is 14.7 Å². The number of benzene rings is 1. The molecule has 2 atom stereocenters. The maximum atomic E-state index is 12.3. The Morgan fingerprint density at radius 3 is 2.48 bits per heavy atom. The average Bonchev–Trinajstić information content (AvgIpc) is 2.49. The van der Waals surface area contributed by atoms with Crippen LogP contribution in [-0.2, 0) is 4.79 Å². The molecule has 1 saturated heterocycles. The summed E-state index contributed by atoms with van der Waals surface area (Å²) < 4.78 is 5.82. The van der Waals surface area contributed by atoms with Crippen LogP contribution in [0.15, 0.2) is 18.2 Å². The third kappa shape index (κ3) is 3.97. The Balaban J connectivity index is 2.01. The SMILES string of the molecule is Cc1cc(C(C)O)ccc1OC(C)C(=O)N1CCCCC1. The van der Waals surface area contributed by atoms with E-state index < -0.39 is 12.2 Å². The number of carbonyl (C=O) groups excluding carboxylic acids is 1. The molecule has 4 heteroatoms. The third-order valence-corrected chi connectivity index (χ3v) is 4.00. The number of hydrogen-bond acceptors (Lipinski definition) is 3. The summed E-state index contributed by atoms with van der Waals surface area (Å²) in [7, 11) is 0. The molecule has 1 aliphatic rings. The van der Waals surface area contributed by atoms with Gasteiger partial charge in [0.05, 0.1) is 6.10 Å². The Bertz CT molecular complexity index is 493. The van der Waals surface area contributed by atoms with E-state index >= 15 is 0 Å². The van der Waals surface area contributed by atoms with Crippen molar-refractivity contribution in [3.8, 4) is 5.75 Å². The van der Waals surface area contributed by atoms with Gasteiger partial charge in [-0.25, -0.2) is 0 Å². The van der Waals surface area contributed by atoms with Crippen LogP contribution in [0.4, 0.5) is 0 Å². The summed E-state index contributed by atoms with van der Waals surface area (Å²) in [5.74, 6) is 0.769. The van der Waals surface area contributed by atoms with Crippen LogP contribution < -0.4 is 4.74 Å². The first-order chi connectivity index (χ1) is 9.99. The summed E-state index contributed by atoms with van der Waals surface area (Å²) in [4.78, 5) is 14.2. The number of aliphatic hydroxyl groups excluding tert-OH is 1. The second-order valence-electron chi connectivity index (χ2n) is 5.85. The number of likely N-dealkylation sites (tertiary alicyclic amines) is 1. The lowest BCUT2D eigenvalue weighted by Crippen LogP contribution is -2.43. The summed E-state index contributed by atoms with van der Waals surface area (Å²) in [6.07, 6.45) is 2.41. The van der Waals surface area contributed by atoms with E-state index in [0.29, 0.717) is 5.75 Å². The molecule has 1 aromatic carbocycles. The first kappa shape index (κ1) is 15.8. The van der Waals surface area contributed by atoms with Crippen molar-refractivity contribution in [1.29, 1.82) is 0 Å². The standard InChI is InChI=1S/C17H25NO3/c1-12-11-15(13(2)19)7-8-16(12)21-14(3)17(20)18-9-5-4-6-10-18/h7-8,11,13-14,19H,4-6,9-10H2,1-3H3. The smallest absolute Gasteiger partial charge is 0.263 e. The van der Waals surface area contributed by atoms with Crippen LogP contribution in [0, 0.1) is 6.92 Å². The minimum absolute atomic E-state index is 0.0636. The average molecular weight is 291 g/mol. The number of piperidine rings is 1. The van der Waals surface area contributed by atoms with Gasteiger partial charge >= 0.3 is 0 Å². The highest BCUT2D eigenvalue weighted by molar-refractivity contribution is 5.81. The molecular formula is C17H25NO3. The van der Waals surface area contributed by atoms with E-state index in [1.165, 1.54) is 6.42 Å². The van der Waals surface area contributed by atoms with E-state index in [1.54, 1.807) is 13.8 Å². The maximum Gasteiger partial charge on any atom is 0.263 e. The van der Waals surface area contributed by atoms with Crippen molar-refractivity contribution in [3.05, 3.63) is 29.3 Å². The van der Waals surface area contributed by atoms with Crippen LogP contribution in [-0.4, -0.2) is 35.1 Å². The molecule has 1 amide bonds. The summed E-state index contributed by atoms with van der Waals surface area (Å²) in [5.41, 5.74) is 1.79. The van der Waals surface area contributed by atoms with Crippen molar-refractivity contribution in [3.63, 3.8) is 0 Å². The Kier molecular flexibility index (Phi) is 5.23. The molecule has 1 aliphatic heterocycles. The van der Waals surface area contributed by atoms with Crippen LogP contribution in [0.3, 0.4) is 0 Å². The van der Waals surface area contributed by atoms with Crippen LogP contribution in [0.1, 0.15) is 50.3 Å². The predicted molar refractivity (Wildman–Crippen MR) is 82.3 cm³/mol. The molecule has 0 radical (unpaired) electrons. The number of rotatable bonds is 4. The molecule has 0 spiro atoms. The minimum atomic E-state index is -0.495. The topological polar surface area (TPSA) is 49.8 Å². The fraction of sp³-hybridized carbons (Fsp3) is 0.588. The number of amides is 1. The maximum absolute atomic E-state index is 12.3. The fourth-order valence-corrected chi connectivity index (χ4v) is 2.68. The molecule has 116 valence electrons. The highest BCUT2D eigenvalue weighted by Crippen LogP contribution is 2.24. The lowest BCUT2D eigenvalue weighted by molar-refractivity contribution is -0.138. The van der Waals surface area contributed by atoms with Gasteiger partial charge in [-0.1, -0.05) is 6.07 Å². The van der Waals surface area contributed by atoms with Gasteiger partial charge in [-0.05, 0) is 63.3 Å². The number of aliphatic hydroxyl groups is 1. The minimum Gasteiger partial charge on any atom is -0.481 e. The molecule has 1 heterocycles. The monoisotopic (exact) mass is 291 g/mol. The van der Waals surface area contributed by atoms with Crippen molar-refractivity contribution in [2.24, 2.45) is 0 Å². The summed E-state index contributed by atoms with van der Waals surface area (Å²) in [6, 6.07) is 5.57. The number of carbonyl (C=O) groups is 1. The Morgan fingerprint density at radius 1 is 1.24 bits per heavy atom. The zero-order chi connectivity index (χ0) is 15.4. The molecule has 0 bridgehead atoms. The predicted octanol–water partition coefficient (Wildman–Crippen LogP) is 2.83. The number of aryl methyl sites for hydroxylation is 1. The first-order valence-electron chi connectivity index (χ1n) is 7.73. The van der Waals surface area contributed by atoms with Crippen LogP contribution in [0.2, 0.25) is 0 Å². The van der Waals surface area contributed by atoms with Gasteiger partial charge in [0.25, 0.3) is 5.91 Å². The second kappa shape index (κ2) is 6.94. The van der Waals surface area contributed by atoms with Crippen molar-refractivity contribution in [1.82, 2.24) is 4.90 Å². The van der Waals surface area contributed by atoms with E-state index in [9.17, 15) is 9.90 Å². The molecule has 1 aromatic rings. The molecule has 4 nitrogen and oxygen atoms in total. The van der Waals surface area contributed by atoms with Crippen molar-refractivity contribution >= 4 is 5.91 Å². The highest BCUT2D eigenvalue weighted by Gasteiger charge is 2.23. The molecule has 21 heavy (non-hydrogen) atoms. The van der Waals surface area contributed by atoms with Crippen molar-refractivity contribution in [2.75, 3.05) is 13.1 Å². The Hall–Kier alpha value is -1.55. The molecule has 0 aliphatic carbocycles. The lowest BCUT2D eigenvalue weighted by Gasteiger charge is -2.29. The van der Waals surface area contributed by atoms with Crippen molar-refractivity contribution in [2.45, 2.75) is 52.2 Å². The van der Waals surface area contributed by atoms with E-state index in [4.69, 9.17) is 4.74 Å². The molecule has 1 N–H and O–H groups in total. The summed E-state index contributed by atoms with van der Waals surface area (Å²) in [5, 5.41) is 9.58. The zero-order valence-electron chi connectivity index (χ0n) is 13.1. The molecule has 0 aromatic heterocycles. The molecule has 2 unspecified atom stereocenters. The normalized spacial score (nSPS) is 18.2. The second-order valence-corrected chi connectivity index (χ2v) is 5.85. The Morgan fingerprint density at radius 2 is 1.90 bits per heavy atom. The number of ether oxygens (including phenoxy) is 1. The molecule has 1 fully saturated rings. The number of nitrogens with zero attached hydrogens (tertiary/aromatic N) is 1. The number of hydrogen-bond donors (Lipinski definition) is 1. The van der Waals surface area contributed by atoms with Gasteiger partial charge in [-0.2, -0.15) is 0 Å². The quantitative estimate of drug-likeness (QED) is 0.928. The van der Waals surface area contributed by atoms with Gasteiger partial charge in [0.1, 0.15) is 5.75 Å². The lowest BCUT2D eigenvalue weighted by atomic mass is 10.1. The van der Waals surface area contributed by atoms with Crippen LogP contribution >= 0.6 is 0 Å². The summed E-state index contributed by atoms with van der Waals surface area (Å²) >= 11 is 0. The van der Waals surface area contributed by atoms with Gasteiger partial charge in [0, 0.05) is 13.1 Å². The molecule has 2 rings (SSSR count). The van der Waals surface area contributed by atoms with Crippen LogP contribution in [0.5, 0.6) is 5.75 Å². The van der Waals surface area contributed by atoms with E-state index in [1.807, 2.05) is 30.0 Å². The highest BCUT2D eigenvalue weighted by atomic mass is 16.5. The Labute approximate surface area is 126 Å².